The third kappa shape index (κ3) is 3.14. The first-order valence-electron chi connectivity index (χ1n) is 5.97. The Morgan fingerprint density at radius 3 is 2.76 bits per heavy atom. The molecule has 0 bridgehead atoms. The third-order valence-electron chi connectivity index (χ3n) is 3.06. The molecule has 1 saturated heterocycles. The molecule has 2 heterocycles. The van der Waals surface area contributed by atoms with Gasteiger partial charge in [-0.1, -0.05) is 6.92 Å². The molecule has 0 aromatic carbocycles. The van der Waals surface area contributed by atoms with Gasteiger partial charge in [-0.2, -0.15) is 4.37 Å². The van der Waals surface area contributed by atoms with Gasteiger partial charge in [0.05, 0.1) is 5.60 Å². The van der Waals surface area contributed by atoms with Crippen molar-refractivity contribution in [2.45, 2.75) is 31.8 Å². The average molecular weight is 257 g/mol. The fourth-order valence-corrected chi connectivity index (χ4v) is 2.67. The molecule has 1 N–H and O–H groups in total. The maximum absolute atomic E-state index is 10.4. The van der Waals surface area contributed by atoms with Crippen LogP contribution in [0.4, 0.5) is 5.13 Å². The van der Waals surface area contributed by atoms with E-state index in [2.05, 4.69) is 9.36 Å². The highest BCUT2D eigenvalue weighted by molar-refractivity contribution is 7.09. The summed E-state index contributed by atoms with van der Waals surface area (Å²) in [5, 5.41) is 11.3. The van der Waals surface area contributed by atoms with Gasteiger partial charge >= 0.3 is 0 Å². The van der Waals surface area contributed by atoms with Crippen molar-refractivity contribution in [2.24, 2.45) is 0 Å². The molecule has 2 rings (SSSR count). The highest BCUT2D eigenvalue weighted by atomic mass is 32.1. The zero-order chi connectivity index (χ0) is 12.3. The van der Waals surface area contributed by atoms with Gasteiger partial charge in [-0.05, 0) is 0 Å². The number of hydrogen-bond donors (Lipinski definition) is 1. The van der Waals surface area contributed by atoms with Crippen LogP contribution in [0, 0.1) is 0 Å². The van der Waals surface area contributed by atoms with Crippen LogP contribution in [-0.4, -0.2) is 46.9 Å². The highest BCUT2D eigenvalue weighted by Crippen LogP contribution is 2.24. The van der Waals surface area contributed by atoms with Crippen LogP contribution in [0.5, 0.6) is 0 Å². The number of nitrogens with zero attached hydrogens (tertiary/aromatic N) is 3. The molecule has 6 heteroatoms. The van der Waals surface area contributed by atoms with E-state index in [4.69, 9.17) is 4.74 Å². The first-order valence-corrected chi connectivity index (χ1v) is 6.74. The van der Waals surface area contributed by atoms with E-state index in [1.54, 1.807) is 0 Å². The topological polar surface area (TPSA) is 58.5 Å². The molecule has 17 heavy (non-hydrogen) atoms. The first kappa shape index (κ1) is 12.7. The minimum atomic E-state index is -0.648. The number of hydrogen-bond acceptors (Lipinski definition) is 6. The second-order valence-corrected chi connectivity index (χ2v) is 5.27. The molecule has 0 atom stereocenters. The summed E-state index contributed by atoms with van der Waals surface area (Å²) in [5.41, 5.74) is -0.648. The molecule has 0 radical (unpaired) electrons. The Balaban J connectivity index is 1.97. The summed E-state index contributed by atoms with van der Waals surface area (Å²) >= 11 is 1.39. The molecule has 1 fully saturated rings. The first-order chi connectivity index (χ1) is 8.13. The van der Waals surface area contributed by atoms with Crippen LogP contribution in [-0.2, 0) is 11.2 Å². The third-order valence-corrected chi connectivity index (χ3v) is 3.92. The number of aliphatic hydroxyl groups is 1. The van der Waals surface area contributed by atoms with Crippen molar-refractivity contribution in [1.82, 2.24) is 9.36 Å². The van der Waals surface area contributed by atoms with Crippen LogP contribution in [0.2, 0.25) is 0 Å². The van der Waals surface area contributed by atoms with E-state index in [1.807, 2.05) is 18.9 Å². The largest absolute Gasteiger partial charge is 0.388 e. The lowest BCUT2D eigenvalue weighted by Gasteiger charge is -2.35. The summed E-state index contributed by atoms with van der Waals surface area (Å²) in [5.74, 6) is 0.871. The van der Waals surface area contributed by atoms with E-state index in [9.17, 15) is 5.11 Å². The minimum Gasteiger partial charge on any atom is -0.388 e. The van der Waals surface area contributed by atoms with E-state index in [0.29, 0.717) is 32.6 Å². The molecule has 0 aliphatic carbocycles. The molecular formula is C11H19N3O2S. The fourth-order valence-electron chi connectivity index (χ4n) is 1.96. The summed E-state index contributed by atoms with van der Waals surface area (Å²) < 4.78 is 9.52. The molecule has 0 spiro atoms. The zero-order valence-electron chi connectivity index (χ0n) is 10.3. The van der Waals surface area contributed by atoms with Crippen LogP contribution in [0.15, 0.2) is 0 Å². The normalized spacial score (nSPS) is 19.2. The van der Waals surface area contributed by atoms with Crippen molar-refractivity contribution in [3.63, 3.8) is 0 Å². The molecule has 1 aromatic heterocycles. The van der Waals surface area contributed by atoms with Gasteiger partial charge in [-0.15, -0.1) is 0 Å². The van der Waals surface area contributed by atoms with E-state index < -0.39 is 5.60 Å². The summed E-state index contributed by atoms with van der Waals surface area (Å²) in [7, 11) is 1.95. The highest BCUT2D eigenvalue weighted by Gasteiger charge is 2.31. The monoisotopic (exact) mass is 257 g/mol. The Labute approximate surface area is 106 Å². The predicted octanol–water partition coefficient (Wildman–Crippen LogP) is 1.08. The van der Waals surface area contributed by atoms with Gasteiger partial charge in [-0.3, -0.25) is 0 Å². The Kier molecular flexibility index (Phi) is 3.96. The summed E-state index contributed by atoms with van der Waals surface area (Å²) in [6, 6.07) is 0. The van der Waals surface area contributed by atoms with Gasteiger partial charge in [0.2, 0.25) is 5.13 Å². The molecule has 96 valence electrons. The van der Waals surface area contributed by atoms with Crippen LogP contribution in [0.1, 0.15) is 25.6 Å². The van der Waals surface area contributed by atoms with Crippen LogP contribution >= 0.6 is 11.5 Å². The Hall–Kier alpha value is -0.720. The van der Waals surface area contributed by atoms with Crippen molar-refractivity contribution >= 4 is 16.7 Å². The summed E-state index contributed by atoms with van der Waals surface area (Å²) in [4.78, 5) is 6.40. The van der Waals surface area contributed by atoms with Crippen LogP contribution in [0.25, 0.3) is 0 Å². The van der Waals surface area contributed by atoms with Gasteiger partial charge in [0, 0.05) is 57.6 Å². The lowest BCUT2D eigenvalue weighted by Crippen LogP contribution is -2.45. The van der Waals surface area contributed by atoms with Crippen molar-refractivity contribution in [2.75, 3.05) is 31.7 Å². The molecule has 0 saturated carbocycles. The summed E-state index contributed by atoms with van der Waals surface area (Å²) in [6.07, 6.45) is 2.23. The lowest BCUT2D eigenvalue weighted by molar-refractivity contribution is -0.0572. The van der Waals surface area contributed by atoms with Crippen molar-refractivity contribution < 1.29 is 9.84 Å². The second kappa shape index (κ2) is 5.29. The van der Waals surface area contributed by atoms with E-state index in [1.165, 1.54) is 11.5 Å². The lowest BCUT2D eigenvalue weighted by atomic mass is 9.94. The minimum absolute atomic E-state index is 0.592. The second-order valence-electron chi connectivity index (χ2n) is 4.54. The van der Waals surface area contributed by atoms with Gasteiger partial charge in [0.25, 0.3) is 0 Å². The van der Waals surface area contributed by atoms with Crippen LogP contribution < -0.4 is 4.90 Å². The average Bonchev–Trinajstić information content (AvgIpc) is 2.78. The van der Waals surface area contributed by atoms with E-state index in [-0.39, 0.29) is 0 Å². The standard InChI is InChI=1S/C11H19N3O2S/c1-3-9-12-10(17-13-9)14(2)8-11(15)4-6-16-7-5-11/h15H,3-8H2,1-2H3. The predicted molar refractivity (Wildman–Crippen MR) is 67.6 cm³/mol. The zero-order valence-corrected chi connectivity index (χ0v) is 11.2. The van der Waals surface area contributed by atoms with Gasteiger partial charge in [0.15, 0.2) is 0 Å². The number of aromatic nitrogens is 2. The molecular weight excluding hydrogens is 238 g/mol. The van der Waals surface area contributed by atoms with Crippen molar-refractivity contribution in [3.8, 4) is 0 Å². The molecule has 5 nitrogen and oxygen atoms in total. The van der Waals surface area contributed by atoms with Gasteiger partial charge in [0.1, 0.15) is 5.82 Å². The Morgan fingerprint density at radius 1 is 1.47 bits per heavy atom. The van der Waals surface area contributed by atoms with E-state index in [0.717, 1.165) is 17.4 Å². The maximum atomic E-state index is 10.4. The molecule has 1 aromatic rings. The quantitative estimate of drug-likeness (QED) is 0.874. The number of likely N-dealkylation sites (N-methyl/N-ethyl adjacent to an activating group) is 1. The molecule has 0 unspecified atom stereocenters. The summed E-state index contributed by atoms with van der Waals surface area (Å²) in [6.45, 7) is 3.91. The number of aryl methyl sites for hydroxylation is 1. The SMILES string of the molecule is CCc1nsc(N(C)CC2(O)CCOCC2)n1. The Bertz CT molecular complexity index is 363. The molecule has 0 amide bonds. The molecule has 1 aliphatic rings. The maximum Gasteiger partial charge on any atom is 0.205 e. The number of ether oxygens (including phenoxy) is 1. The van der Waals surface area contributed by atoms with Gasteiger partial charge in [-0.25, -0.2) is 4.98 Å². The number of anilines is 1. The van der Waals surface area contributed by atoms with Crippen molar-refractivity contribution in [1.29, 1.82) is 0 Å². The fraction of sp³-hybridized carbons (Fsp3) is 0.818. The Morgan fingerprint density at radius 2 is 2.18 bits per heavy atom. The number of rotatable bonds is 4. The van der Waals surface area contributed by atoms with Crippen molar-refractivity contribution in [3.05, 3.63) is 5.82 Å². The van der Waals surface area contributed by atoms with E-state index >= 15 is 0 Å². The van der Waals surface area contributed by atoms with Crippen LogP contribution in [0.3, 0.4) is 0 Å². The smallest absolute Gasteiger partial charge is 0.205 e. The van der Waals surface area contributed by atoms with Gasteiger partial charge < -0.3 is 14.7 Å². The molecule has 1 aliphatic heterocycles.